The number of anilines is 2. The molecule has 5 heteroatoms. The third kappa shape index (κ3) is 4.18. The Kier molecular flexibility index (Phi) is 5.24. The molecule has 22 heavy (non-hydrogen) atoms. The van der Waals surface area contributed by atoms with E-state index in [4.69, 9.17) is 0 Å². The molecule has 2 aliphatic rings. The SMILES string of the molecule is O=C(CC1CCCCC1)Nc1cc(N2CCCCC2)ncn1. The van der Waals surface area contributed by atoms with Crippen LogP contribution in [0.2, 0.25) is 0 Å². The van der Waals surface area contributed by atoms with Crippen LogP contribution in [0.1, 0.15) is 57.8 Å². The predicted octanol–water partition coefficient (Wildman–Crippen LogP) is 3.38. The second-order valence-electron chi connectivity index (χ2n) is 6.57. The summed E-state index contributed by atoms with van der Waals surface area (Å²) in [7, 11) is 0. The van der Waals surface area contributed by atoms with Crippen molar-refractivity contribution in [3.63, 3.8) is 0 Å². The van der Waals surface area contributed by atoms with Crippen LogP contribution in [-0.4, -0.2) is 29.0 Å². The fourth-order valence-electron chi connectivity index (χ4n) is 3.56. The maximum Gasteiger partial charge on any atom is 0.225 e. The Morgan fingerprint density at radius 1 is 1.09 bits per heavy atom. The second-order valence-corrected chi connectivity index (χ2v) is 6.57. The third-order valence-corrected chi connectivity index (χ3v) is 4.80. The highest BCUT2D eigenvalue weighted by Gasteiger charge is 2.18. The van der Waals surface area contributed by atoms with Crippen LogP contribution in [0.3, 0.4) is 0 Å². The standard InChI is InChI=1S/C17H26N4O/c22-17(11-14-7-3-1-4-8-14)20-15-12-16(19-13-18-15)21-9-5-2-6-10-21/h12-14H,1-11H2,(H,18,19,20,22). The summed E-state index contributed by atoms with van der Waals surface area (Å²) in [6.45, 7) is 2.10. The fourth-order valence-corrected chi connectivity index (χ4v) is 3.56. The van der Waals surface area contributed by atoms with E-state index in [1.54, 1.807) is 6.33 Å². The Hall–Kier alpha value is -1.65. The summed E-state index contributed by atoms with van der Waals surface area (Å²) in [6, 6.07) is 1.91. The van der Waals surface area contributed by atoms with Gasteiger partial charge in [-0.15, -0.1) is 0 Å². The van der Waals surface area contributed by atoms with Crippen LogP contribution in [0.15, 0.2) is 12.4 Å². The molecule has 1 aromatic rings. The minimum atomic E-state index is 0.0928. The van der Waals surface area contributed by atoms with Gasteiger partial charge in [0.05, 0.1) is 0 Å². The van der Waals surface area contributed by atoms with E-state index in [0.717, 1.165) is 18.9 Å². The van der Waals surface area contributed by atoms with Gasteiger partial charge in [-0.05, 0) is 38.0 Å². The molecule has 1 aliphatic heterocycles. The number of hydrogen-bond donors (Lipinski definition) is 1. The number of rotatable bonds is 4. The van der Waals surface area contributed by atoms with Gasteiger partial charge in [0, 0.05) is 25.6 Å². The maximum absolute atomic E-state index is 12.2. The van der Waals surface area contributed by atoms with E-state index in [0.29, 0.717) is 18.2 Å². The molecule has 1 N–H and O–H groups in total. The normalized spacial score (nSPS) is 19.9. The summed E-state index contributed by atoms with van der Waals surface area (Å²) in [5.74, 6) is 2.21. The molecule has 1 aliphatic carbocycles. The molecule has 1 saturated heterocycles. The first-order chi connectivity index (χ1) is 10.8. The summed E-state index contributed by atoms with van der Waals surface area (Å²) < 4.78 is 0. The Labute approximate surface area is 132 Å². The summed E-state index contributed by atoms with van der Waals surface area (Å²) >= 11 is 0. The van der Waals surface area contributed by atoms with Gasteiger partial charge >= 0.3 is 0 Å². The first-order valence-corrected chi connectivity index (χ1v) is 8.68. The molecule has 0 aromatic carbocycles. The van der Waals surface area contributed by atoms with E-state index in [9.17, 15) is 4.79 Å². The predicted molar refractivity (Wildman–Crippen MR) is 87.9 cm³/mol. The zero-order chi connectivity index (χ0) is 15.2. The van der Waals surface area contributed by atoms with Gasteiger partial charge in [0.1, 0.15) is 18.0 Å². The molecule has 5 nitrogen and oxygen atoms in total. The average Bonchev–Trinajstić information content (AvgIpc) is 2.57. The van der Waals surface area contributed by atoms with Gasteiger partial charge in [0.15, 0.2) is 0 Å². The molecule has 120 valence electrons. The van der Waals surface area contributed by atoms with Crippen LogP contribution >= 0.6 is 0 Å². The monoisotopic (exact) mass is 302 g/mol. The lowest BCUT2D eigenvalue weighted by molar-refractivity contribution is -0.117. The molecular weight excluding hydrogens is 276 g/mol. The molecular formula is C17H26N4O. The largest absolute Gasteiger partial charge is 0.356 e. The molecule has 0 spiro atoms. The molecule has 1 amide bonds. The third-order valence-electron chi connectivity index (χ3n) is 4.80. The van der Waals surface area contributed by atoms with Gasteiger partial charge in [0.2, 0.25) is 5.91 Å². The van der Waals surface area contributed by atoms with Gasteiger partial charge in [-0.3, -0.25) is 4.79 Å². The van der Waals surface area contributed by atoms with Gasteiger partial charge in [-0.25, -0.2) is 9.97 Å². The highest BCUT2D eigenvalue weighted by Crippen LogP contribution is 2.26. The zero-order valence-corrected chi connectivity index (χ0v) is 13.3. The summed E-state index contributed by atoms with van der Waals surface area (Å²) in [4.78, 5) is 23.0. The van der Waals surface area contributed by atoms with Crippen molar-refractivity contribution in [1.82, 2.24) is 9.97 Å². The molecule has 0 radical (unpaired) electrons. The zero-order valence-electron chi connectivity index (χ0n) is 13.3. The van der Waals surface area contributed by atoms with Crippen molar-refractivity contribution in [3.8, 4) is 0 Å². The van der Waals surface area contributed by atoms with Gasteiger partial charge in [0.25, 0.3) is 0 Å². The van der Waals surface area contributed by atoms with Crippen molar-refractivity contribution in [1.29, 1.82) is 0 Å². The van der Waals surface area contributed by atoms with Crippen LogP contribution < -0.4 is 10.2 Å². The number of hydrogen-bond acceptors (Lipinski definition) is 4. The van der Waals surface area contributed by atoms with E-state index >= 15 is 0 Å². The molecule has 1 saturated carbocycles. The van der Waals surface area contributed by atoms with Crippen LogP contribution in [0.4, 0.5) is 11.6 Å². The van der Waals surface area contributed by atoms with Crippen molar-refractivity contribution >= 4 is 17.5 Å². The van der Waals surface area contributed by atoms with Gasteiger partial charge in [-0.2, -0.15) is 0 Å². The quantitative estimate of drug-likeness (QED) is 0.926. The minimum absolute atomic E-state index is 0.0928. The van der Waals surface area contributed by atoms with Crippen molar-refractivity contribution in [2.45, 2.75) is 57.8 Å². The molecule has 2 fully saturated rings. The Morgan fingerprint density at radius 2 is 1.82 bits per heavy atom. The number of nitrogens with zero attached hydrogens (tertiary/aromatic N) is 3. The lowest BCUT2D eigenvalue weighted by atomic mass is 9.87. The first kappa shape index (κ1) is 15.3. The van der Waals surface area contributed by atoms with Crippen molar-refractivity contribution in [2.75, 3.05) is 23.3 Å². The minimum Gasteiger partial charge on any atom is -0.356 e. The number of nitrogens with one attached hydrogen (secondary N) is 1. The van der Waals surface area contributed by atoms with Crippen LogP contribution in [0.5, 0.6) is 0 Å². The molecule has 0 unspecified atom stereocenters. The van der Waals surface area contributed by atoms with E-state index in [1.807, 2.05) is 6.07 Å². The van der Waals surface area contributed by atoms with Crippen LogP contribution in [-0.2, 0) is 4.79 Å². The second kappa shape index (κ2) is 7.56. The number of carbonyl (C=O) groups excluding carboxylic acids is 1. The number of carbonyl (C=O) groups is 1. The van der Waals surface area contributed by atoms with E-state index < -0.39 is 0 Å². The van der Waals surface area contributed by atoms with E-state index in [1.165, 1.54) is 51.4 Å². The maximum atomic E-state index is 12.2. The summed E-state index contributed by atoms with van der Waals surface area (Å²) in [5.41, 5.74) is 0. The number of aromatic nitrogens is 2. The summed E-state index contributed by atoms with van der Waals surface area (Å²) in [6.07, 6.45) is 12.2. The number of amides is 1. The first-order valence-electron chi connectivity index (χ1n) is 8.68. The van der Waals surface area contributed by atoms with Crippen molar-refractivity contribution in [3.05, 3.63) is 12.4 Å². The fraction of sp³-hybridized carbons (Fsp3) is 0.706. The average molecular weight is 302 g/mol. The molecule has 0 atom stereocenters. The molecule has 0 bridgehead atoms. The Morgan fingerprint density at radius 3 is 2.59 bits per heavy atom. The number of piperidine rings is 1. The van der Waals surface area contributed by atoms with Crippen molar-refractivity contribution < 1.29 is 4.79 Å². The van der Waals surface area contributed by atoms with Crippen molar-refractivity contribution in [2.24, 2.45) is 5.92 Å². The van der Waals surface area contributed by atoms with Gasteiger partial charge < -0.3 is 10.2 Å². The van der Waals surface area contributed by atoms with E-state index in [-0.39, 0.29) is 5.91 Å². The van der Waals surface area contributed by atoms with E-state index in [2.05, 4.69) is 20.2 Å². The van der Waals surface area contributed by atoms with Gasteiger partial charge in [-0.1, -0.05) is 19.3 Å². The van der Waals surface area contributed by atoms with Crippen LogP contribution in [0, 0.1) is 5.92 Å². The molecule has 2 heterocycles. The Bertz CT molecular complexity index is 493. The lowest BCUT2D eigenvalue weighted by Crippen LogP contribution is -2.30. The lowest BCUT2D eigenvalue weighted by Gasteiger charge is -2.27. The Balaban J connectivity index is 1.56. The highest BCUT2D eigenvalue weighted by molar-refractivity contribution is 5.90. The highest BCUT2D eigenvalue weighted by atomic mass is 16.1. The molecule has 3 rings (SSSR count). The molecule has 1 aromatic heterocycles. The summed E-state index contributed by atoms with van der Waals surface area (Å²) in [5, 5.41) is 2.95. The smallest absolute Gasteiger partial charge is 0.225 e. The van der Waals surface area contributed by atoms with Crippen LogP contribution in [0.25, 0.3) is 0 Å². The topological polar surface area (TPSA) is 58.1 Å².